The summed E-state index contributed by atoms with van der Waals surface area (Å²) in [6, 6.07) is 138. The van der Waals surface area contributed by atoms with E-state index in [2.05, 4.69) is 394 Å². The van der Waals surface area contributed by atoms with Crippen molar-refractivity contribution in [2.24, 2.45) is 0 Å². The Kier molecular flexibility index (Phi) is 16.6. The van der Waals surface area contributed by atoms with E-state index in [1.54, 1.807) is 0 Å². The lowest BCUT2D eigenvalue weighted by Gasteiger charge is -2.29. The summed E-state index contributed by atoms with van der Waals surface area (Å²) in [4.78, 5) is 4.80. The number of nitrogens with zero attached hydrogens (tertiary/aromatic N) is 2. The molecule has 0 atom stereocenters. The lowest BCUT2D eigenvalue weighted by molar-refractivity contribution is 0.669. The molecule has 3 aromatic heterocycles. The maximum atomic E-state index is 6.54. The minimum absolute atomic E-state index is 0.894. The van der Waals surface area contributed by atoms with Crippen molar-refractivity contribution in [3.05, 3.63) is 408 Å². The smallest absolute Gasteiger partial charge is 0.143 e. The lowest BCUT2D eigenvalue weighted by Crippen LogP contribution is -2.11. The summed E-state index contributed by atoms with van der Waals surface area (Å²) in [6.45, 7) is 0. The molecule has 112 heavy (non-hydrogen) atoms. The highest BCUT2D eigenvalue weighted by atomic mass is 79.9. The molecule has 0 aliphatic rings. The number of halogens is 2. The second-order valence-corrected chi connectivity index (χ2v) is 30.5. The summed E-state index contributed by atoms with van der Waals surface area (Å²) < 4.78 is 21.6. The predicted molar refractivity (Wildman–Crippen MR) is 479 cm³/mol. The zero-order valence-corrected chi connectivity index (χ0v) is 63.7. The van der Waals surface area contributed by atoms with Crippen LogP contribution in [0.2, 0.25) is 0 Å². The van der Waals surface area contributed by atoms with Gasteiger partial charge in [-0.1, -0.05) is 329 Å². The van der Waals surface area contributed by atoms with Crippen LogP contribution >= 0.6 is 31.9 Å². The van der Waals surface area contributed by atoms with Gasteiger partial charge in [-0.3, -0.25) is 0 Å². The third-order valence-corrected chi connectivity index (χ3v) is 23.6. The van der Waals surface area contributed by atoms with Gasteiger partial charge in [0.2, 0.25) is 0 Å². The van der Waals surface area contributed by atoms with Crippen LogP contribution in [0.5, 0.6) is 0 Å². The van der Waals surface area contributed by atoms with Crippen LogP contribution < -0.4 is 9.80 Å². The molecule has 0 aliphatic carbocycles. The molecule has 0 spiro atoms. The largest absolute Gasteiger partial charge is 0.455 e. The summed E-state index contributed by atoms with van der Waals surface area (Å²) >= 11 is 7.30. The highest BCUT2D eigenvalue weighted by molar-refractivity contribution is 9.11. The Bertz CT molecular complexity index is 7180. The van der Waals surface area contributed by atoms with Crippen molar-refractivity contribution in [1.82, 2.24) is 0 Å². The molecule has 0 unspecified atom stereocenters. The van der Waals surface area contributed by atoms with Crippen LogP contribution in [-0.2, 0) is 6.42 Å². The number of hydrogen-bond acceptors (Lipinski definition) is 5. The number of para-hydroxylation sites is 8. The Labute approximate surface area is 662 Å². The van der Waals surface area contributed by atoms with E-state index in [1.165, 1.54) is 92.1 Å². The Balaban J connectivity index is 0.000000145. The Morgan fingerprint density at radius 2 is 0.518 bits per heavy atom. The van der Waals surface area contributed by atoms with Gasteiger partial charge >= 0.3 is 0 Å². The molecule has 7 heteroatoms. The fourth-order valence-electron chi connectivity index (χ4n) is 17.1. The number of furan rings is 3. The first-order valence-electron chi connectivity index (χ1n) is 37.8. The van der Waals surface area contributed by atoms with Gasteiger partial charge in [0, 0.05) is 91.5 Å². The van der Waals surface area contributed by atoms with E-state index < -0.39 is 0 Å². The molecule has 3 heterocycles. The molecule has 20 aromatic carbocycles. The molecule has 23 aromatic rings. The first kappa shape index (κ1) is 66.6. The summed E-state index contributed by atoms with van der Waals surface area (Å²) in [5.74, 6) is 0. The van der Waals surface area contributed by atoms with Crippen LogP contribution in [0.4, 0.5) is 34.1 Å². The van der Waals surface area contributed by atoms with Crippen LogP contribution in [0.25, 0.3) is 164 Å². The van der Waals surface area contributed by atoms with Crippen LogP contribution in [0.3, 0.4) is 0 Å². The number of fused-ring (bicyclic) bond motifs is 9. The Morgan fingerprint density at radius 1 is 0.214 bits per heavy atom. The molecular formula is C105H66Br2N2O3. The zero-order valence-electron chi connectivity index (χ0n) is 60.5. The number of hydrogen-bond donors (Lipinski definition) is 0. The van der Waals surface area contributed by atoms with Gasteiger partial charge < -0.3 is 23.1 Å². The fourth-order valence-corrected chi connectivity index (χ4v) is 18.1. The minimum Gasteiger partial charge on any atom is -0.455 e. The molecule has 0 fully saturated rings. The minimum atomic E-state index is 0.894. The van der Waals surface area contributed by atoms with Gasteiger partial charge in [-0.05, 0) is 179 Å². The van der Waals surface area contributed by atoms with E-state index in [4.69, 9.17) is 13.3 Å². The molecule has 0 N–H and O–H groups in total. The van der Waals surface area contributed by atoms with E-state index in [9.17, 15) is 0 Å². The van der Waals surface area contributed by atoms with Crippen molar-refractivity contribution in [2.75, 3.05) is 9.80 Å². The van der Waals surface area contributed by atoms with Gasteiger partial charge in [0.15, 0.2) is 0 Å². The van der Waals surface area contributed by atoms with E-state index in [0.29, 0.717) is 0 Å². The highest BCUT2D eigenvalue weighted by Crippen LogP contribution is 2.50. The second-order valence-electron chi connectivity index (χ2n) is 28.8. The van der Waals surface area contributed by atoms with Crippen molar-refractivity contribution >= 4 is 196 Å². The third-order valence-electron chi connectivity index (χ3n) is 22.2. The average Bonchev–Trinajstić information content (AvgIpc) is 0.866. The van der Waals surface area contributed by atoms with Crippen molar-refractivity contribution in [2.45, 2.75) is 6.42 Å². The number of rotatable bonds is 11. The first-order chi connectivity index (χ1) is 55.4. The molecule has 0 radical (unpaired) electrons. The summed E-state index contributed by atoms with van der Waals surface area (Å²) in [5, 5.41) is 21.9. The van der Waals surface area contributed by atoms with Crippen molar-refractivity contribution in [3.8, 4) is 33.4 Å². The standard InChI is InChI=1S/C64H40N2O2.C25H18O.C16H8Br2/c1-3-17-45(18-4-1)65(47-21-11-15-43(39-47)49-25-13-27-53-51-23-7-9-29-59(51)67-63(49)53)57-37-33-41-32-36-56-58(38-34-42-31-35-55(57)61(41)62(42)56)66(46-19-5-2-6-20-46)48-22-12-16-44(40-48)50-26-14-28-54-52-24-8-10-30-60(52)68-64(50)54;1-2-8-18(9-3-1)16-19-10-6-11-20(17-19)21-13-7-14-23-22-12-4-5-15-24(22)26-25(21)23;17-13-8-4-10-2-6-12-14(18)7-3-9-1-5-11(13)16(10)15(9)12/h1-40H;1-15,17H,16H2;1-8H. The molecule has 0 saturated carbocycles. The lowest BCUT2D eigenvalue weighted by atomic mass is 9.91. The second kappa shape index (κ2) is 27.8. The topological polar surface area (TPSA) is 45.9 Å². The van der Waals surface area contributed by atoms with E-state index in [1.807, 2.05) is 36.4 Å². The summed E-state index contributed by atoms with van der Waals surface area (Å²) in [7, 11) is 0. The van der Waals surface area contributed by atoms with Crippen LogP contribution in [0.15, 0.2) is 410 Å². The molecule has 23 rings (SSSR count). The molecule has 0 aliphatic heterocycles. The van der Waals surface area contributed by atoms with E-state index in [-0.39, 0.29) is 0 Å². The molecular weight excluding hydrogens is 1500 g/mol. The molecule has 0 saturated heterocycles. The van der Waals surface area contributed by atoms with E-state index >= 15 is 0 Å². The van der Waals surface area contributed by atoms with Gasteiger partial charge in [0.1, 0.15) is 33.5 Å². The Morgan fingerprint density at radius 3 is 0.938 bits per heavy atom. The number of anilines is 6. The highest BCUT2D eigenvalue weighted by Gasteiger charge is 2.25. The molecule has 5 nitrogen and oxygen atoms in total. The van der Waals surface area contributed by atoms with Gasteiger partial charge in [0.25, 0.3) is 0 Å². The normalized spacial score (nSPS) is 11.7. The van der Waals surface area contributed by atoms with Crippen molar-refractivity contribution in [1.29, 1.82) is 0 Å². The van der Waals surface area contributed by atoms with Crippen molar-refractivity contribution in [3.63, 3.8) is 0 Å². The van der Waals surface area contributed by atoms with Gasteiger partial charge in [-0.15, -0.1) is 0 Å². The summed E-state index contributed by atoms with van der Waals surface area (Å²) in [5.41, 5.74) is 21.3. The quantitative estimate of drug-likeness (QED) is 0.121. The van der Waals surface area contributed by atoms with Crippen LogP contribution in [0, 0.1) is 0 Å². The number of benzene rings is 20. The molecule has 0 bridgehead atoms. The molecule has 528 valence electrons. The van der Waals surface area contributed by atoms with Crippen molar-refractivity contribution < 1.29 is 13.3 Å². The van der Waals surface area contributed by atoms with Gasteiger partial charge in [-0.25, -0.2) is 0 Å². The monoisotopic (exact) mass is 1560 g/mol. The molecule has 0 amide bonds. The fraction of sp³-hybridized carbons (Fsp3) is 0.00952. The zero-order chi connectivity index (χ0) is 74.3. The van der Waals surface area contributed by atoms with E-state index in [0.717, 1.165) is 132 Å². The predicted octanol–water partition coefficient (Wildman–Crippen LogP) is 31.6. The maximum absolute atomic E-state index is 6.54. The SMILES string of the molecule is Brc1ccc2ccc3c(Br)ccc4ccc1c2c43.c1ccc(Cc2cccc(-c3cccc4c3oc3ccccc34)c2)cc1.c1ccc(N(c2cccc(-c3cccc4c3oc3ccccc34)c2)c2ccc3ccc4c(N(c5ccccc5)c5cccc(-c6cccc7c6oc6ccccc67)c5)ccc5ccc2c3c54)cc1. The maximum Gasteiger partial charge on any atom is 0.143 e. The third kappa shape index (κ3) is 11.6. The first-order valence-corrected chi connectivity index (χ1v) is 39.4. The van der Waals surface area contributed by atoms with Gasteiger partial charge in [0.05, 0.1) is 11.4 Å². The van der Waals surface area contributed by atoms with Gasteiger partial charge in [-0.2, -0.15) is 0 Å². The van der Waals surface area contributed by atoms with Crippen LogP contribution in [0.1, 0.15) is 11.1 Å². The van der Waals surface area contributed by atoms with Crippen LogP contribution in [-0.4, -0.2) is 0 Å². The Hall–Kier alpha value is -13.6. The average molecular weight is 1560 g/mol. The summed E-state index contributed by atoms with van der Waals surface area (Å²) in [6.07, 6.45) is 0.935.